The zero-order valence-electron chi connectivity index (χ0n) is 15.6. The summed E-state index contributed by atoms with van der Waals surface area (Å²) in [7, 11) is 0. The lowest BCUT2D eigenvalue weighted by molar-refractivity contribution is 0.117. The minimum absolute atomic E-state index is 0.256. The fraction of sp³-hybridized carbons (Fsp3) is 0.217. The van der Waals surface area contributed by atoms with Gasteiger partial charge in [0.1, 0.15) is 18.5 Å². The van der Waals surface area contributed by atoms with Crippen molar-refractivity contribution < 1.29 is 9.84 Å². The van der Waals surface area contributed by atoms with Gasteiger partial charge in [0, 0.05) is 17.9 Å². The molecule has 0 aromatic heterocycles. The Kier molecular flexibility index (Phi) is 6.34. The molecule has 0 aliphatic heterocycles. The first kappa shape index (κ1) is 18.8. The summed E-state index contributed by atoms with van der Waals surface area (Å²) in [5.74, 6) is 0.779. The van der Waals surface area contributed by atoms with Crippen molar-refractivity contribution in [3.8, 4) is 5.75 Å². The molecule has 0 saturated carbocycles. The average molecular weight is 362 g/mol. The van der Waals surface area contributed by atoms with Crippen LogP contribution >= 0.6 is 0 Å². The van der Waals surface area contributed by atoms with Crippen LogP contribution in [0.2, 0.25) is 0 Å². The highest BCUT2D eigenvalue weighted by molar-refractivity contribution is 5.46. The Balaban J connectivity index is 1.44. The number of hydrogen-bond acceptors (Lipinski definition) is 4. The van der Waals surface area contributed by atoms with Crippen LogP contribution in [0.15, 0.2) is 72.8 Å². The summed E-state index contributed by atoms with van der Waals surface area (Å²) in [4.78, 5) is 0. The number of aryl methyl sites for hydroxylation is 1. The predicted octanol–water partition coefficient (Wildman–Crippen LogP) is 4.02. The van der Waals surface area contributed by atoms with E-state index < -0.39 is 6.10 Å². The molecule has 4 N–H and O–H groups in total. The number of benzene rings is 3. The van der Waals surface area contributed by atoms with Gasteiger partial charge in [0.2, 0.25) is 0 Å². The number of hydrogen-bond donors (Lipinski definition) is 3. The molecule has 4 heteroatoms. The second-order valence-corrected chi connectivity index (χ2v) is 6.78. The number of aliphatic hydroxyl groups excluding tert-OH is 1. The van der Waals surface area contributed by atoms with Gasteiger partial charge in [-0.3, -0.25) is 0 Å². The second kappa shape index (κ2) is 9.10. The maximum absolute atomic E-state index is 10.1. The molecule has 3 aromatic carbocycles. The van der Waals surface area contributed by atoms with Gasteiger partial charge in [0.15, 0.2) is 0 Å². The van der Waals surface area contributed by atoms with Crippen LogP contribution < -0.4 is 15.8 Å². The monoisotopic (exact) mass is 362 g/mol. The maximum atomic E-state index is 10.1. The lowest BCUT2D eigenvalue weighted by Crippen LogP contribution is -2.26. The Labute approximate surface area is 160 Å². The minimum atomic E-state index is -0.583. The van der Waals surface area contributed by atoms with Crippen LogP contribution in [0.5, 0.6) is 5.75 Å². The van der Waals surface area contributed by atoms with Crippen molar-refractivity contribution >= 4 is 11.4 Å². The quantitative estimate of drug-likeness (QED) is 0.530. The van der Waals surface area contributed by atoms with Crippen LogP contribution in [0.25, 0.3) is 0 Å². The van der Waals surface area contributed by atoms with Crippen molar-refractivity contribution in [1.29, 1.82) is 0 Å². The molecular formula is C23H26N2O2. The van der Waals surface area contributed by atoms with E-state index in [1.54, 1.807) is 0 Å². The van der Waals surface area contributed by atoms with Crippen molar-refractivity contribution in [3.05, 3.63) is 89.5 Å². The summed E-state index contributed by atoms with van der Waals surface area (Å²) in [6, 6.07) is 24.0. The highest BCUT2D eigenvalue weighted by Gasteiger charge is 2.06. The fourth-order valence-electron chi connectivity index (χ4n) is 2.80. The van der Waals surface area contributed by atoms with Gasteiger partial charge in [0.25, 0.3) is 0 Å². The van der Waals surface area contributed by atoms with E-state index in [0.717, 1.165) is 29.1 Å². The summed E-state index contributed by atoms with van der Waals surface area (Å²) in [6.07, 6.45) is 0.285. The molecular weight excluding hydrogens is 336 g/mol. The summed E-state index contributed by atoms with van der Waals surface area (Å²) in [5.41, 5.74) is 11.1. The van der Waals surface area contributed by atoms with E-state index >= 15 is 0 Å². The third-order valence-electron chi connectivity index (χ3n) is 4.32. The van der Waals surface area contributed by atoms with E-state index in [1.807, 2.05) is 67.6 Å². The van der Waals surface area contributed by atoms with Crippen molar-refractivity contribution in [2.24, 2.45) is 0 Å². The Morgan fingerprint density at radius 3 is 2.30 bits per heavy atom. The van der Waals surface area contributed by atoms with Gasteiger partial charge >= 0.3 is 0 Å². The topological polar surface area (TPSA) is 67.5 Å². The molecule has 27 heavy (non-hydrogen) atoms. The molecule has 0 radical (unpaired) electrons. The molecule has 0 bridgehead atoms. The van der Waals surface area contributed by atoms with Gasteiger partial charge in [-0.2, -0.15) is 0 Å². The fourth-order valence-corrected chi connectivity index (χ4v) is 2.80. The Morgan fingerprint density at radius 2 is 1.63 bits per heavy atom. The van der Waals surface area contributed by atoms with Crippen molar-refractivity contribution in [1.82, 2.24) is 0 Å². The first-order chi connectivity index (χ1) is 13.1. The van der Waals surface area contributed by atoms with Gasteiger partial charge in [-0.05, 0) is 66.4 Å². The molecule has 1 atom stereocenters. The van der Waals surface area contributed by atoms with Gasteiger partial charge in [-0.1, -0.05) is 36.4 Å². The van der Waals surface area contributed by atoms with E-state index in [9.17, 15) is 5.11 Å². The summed E-state index contributed by atoms with van der Waals surface area (Å²) in [6.45, 7) is 2.70. The van der Waals surface area contributed by atoms with Crippen molar-refractivity contribution in [2.75, 3.05) is 24.2 Å². The zero-order chi connectivity index (χ0) is 19.1. The maximum Gasteiger partial charge on any atom is 0.119 e. The minimum Gasteiger partial charge on any atom is -0.491 e. The Bertz CT molecular complexity index is 845. The molecule has 0 heterocycles. The van der Waals surface area contributed by atoms with Crippen LogP contribution in [0.4, 0.5) is 11.4 Å². The van der Waals surface area contributed by atoms with Gasteiger partial charge in [-0.15, -0.1) is 0 Å². The molecule has 0 saturated heterocycles. The molecule has 0 aliphatic carbocycles. The molecule has 0 aliphatic rings. The smallest absolute Gasteiger partial charge is 0.119 e. The normalized spacial score (nSPS) is 11.8. The standard InChI is InChI=1S/C23H26N2O2/c1-17-3-2-4-23(13-17)27-16-22(26)15-25-21-11-7-19(8-12-21)14-18-5-9-20(24)10-6-18/h2-13,22,25-26H,14-16,24H2,1H3. The molecule has 3 aromatic rings. The number of nitrogens with two attached hydrogens (primary N) is 1. The Hall–Kier alpha value is -2.98. The first-order valence-corrected chi connectivity index (χ1v) is 9.13. The van der Waals surface area contributed by atoms with E-state index in [4.69, 9.17) is 10.5 Å². The number of nitrogen functional groups attached to an aromatic ring is 1. The van der Waals surface area contributed by atoms with E-state index in [-0.39, 0.29) is 6.61 Å². The average Bonchev–Trinajstić information content (AvgIpc) is 2.68. The molecule has 1 unspecified atom stereocenters. The summed E-state index contributed by atoms with van der Waals surface area (Å²) in [5, 5.41) is 13.4. The highest BCUT2D eigenvalue weighted by Crippen LogP contribution is 2.15. The van der Waals surface area contributed by atoms with Crippen LogP contribution in [0.3, 0.4) is 0 Å². The summed E-state index contributed by atoms with van der Waals surface area (Å²) < 4.78 is 5.63. The van der Waals surface area contributed by atoms with Crippen LogP contribution in [-0.2, 0) is 6.42 Å². The van der Waals surface area contributed by atoms with E-state index in [1.165, 1.54) is 11.1 Å². The van der Waals surface area contributed by atoms with Crippen molar-refractivity contribution in [3.63, 3.8) is 0 Å². The highest BCUT2D eigenvalue weighted by atomic mass is 16.5. The lowest BCUT2D eigenvalue weighted by Gasteiger charge is -2.14. The number of rotatable bonds is 8. The predicted molar refractivity (Wildman–Crippen MR) is 111 cm³/mol. The third-order valence-corrected chi connectivity index (χ3v) is 4.32. The van der Waals surface area contributed by atoms with Gasteiger partial charge < -0.3 is 20.9 Å². The van der Waals surface area contributed by atoms with Crippen LogP contribution in [0.1, 0.15) is 16.7 Å². The zero-order valence-corrected chi connectivity index (χ0v) is 15.6. The van der Waals surface area contributed by atoms with Gasteiger partial charge in [-0.25, -0.2) is 0 Å². The van der Waals surface area contributed by atoms with E-state index in [0.29, 0.717) is 6.54 Å². The van der Waals surface area contributed by atoms with Crippen molar-refractivity contribution in [2.45, 2.75) is 19.4 Å². The largest absolute Gasteiger partial charge is 0.491 e. The van der Waals surface area contributed by atoms with E-state index in [2.05, 4.69) is 17.4 Å². The number of anilines is 2. The molecule has 4 nitrogen and oxygen atoms in total. The first-order valence-electron chi connectivity index (χ1n) is 9.13. The second-order valence-electron chi connectivity index (χ2n) is 6.78. The molecule has 0 spiro atoms. The van der Waals surface area contributed by atoms with Crippen LogP contribution in [0, 0.1) is 6.92 Å². The molecule has 3 rings (SSSR count). The van der Waals surface area contributed by atoms with Crippen LogP contribution in [-0.4, -0.2) is 24.4 Å². The molecule has 140 valence electrons. The molecule has 0 fully saturated rings. The SMILES string of the molecule is Cc1cccc(OCC(O)CNc2ccc(Cc3ccc(N)cc3)cc2)c1. The number of nitrogens with one attached hydrogen (secondary N) is 1. The number of aliphatic hydroxyl groups is 1. The van der Waals surface area contributed by atoms with Gasteiger partial charge in [0.05, 0.1) is 0 Å². The third kappa shape index (κ3) is 6.04. The lowest BCUT2D eigenvalue weighted by atomic mass is 10.0. The molecule has 0 amide bonds. The Morgan fingerprint density at radius 1 is 0.963 bits per heavy atom. The summed E-state index contributed by atoms with van der Waals surface area (Å²) >= 11 is 0. The number of ether oxygens (including phenoxy) is 1.